The minimum absolute atomic E-state index is 0.0106. The van der Waals surface area contributed by atoms with Gasteiger partial charge in [0.1, 0.15) is 0 Å². The second-order valence-corrected chi connectivity index (χ2v) is 35.7. The average molecular weight is 1220 g/mol. The Morgan fingerprint density at radius 1 is 0.391 bits per heavy atom. The summed E-state index contributed by atoms with van der Waals surface area (Å²) in [5.41, 5.74) is 19.1. The third-order valence-electron chi connectivity index (χ3n) is 21.9. The number of benzene rings is 12. The number of nitrogens with zero attached hydrogens (tertiary/aromatic N) is 3. The molecule has 0 amide bonds. The van der Waals surface area contributed by atoms with E-state index in [0.29, 0.717) is 0 Å². The lowest BCUT2D eigenvalue weighted by atomic mass is 9.33. The Balaban J connectivity index is 0.990. The highest BCUT2D eigenvalue weighted by molar-refractivity contribution is 7.20. The Labute approximate surface area is 547 Å². The maximum atomic E-state index is 2.92. The number of fused-ring (bicyclic) bond motifs is 7. The van der Waals surface area contributed by atoms with E-state index in [2.05, 4.69) is 360 Å². The van der Waals surface area contributed by atoms with Crippen molar-refractivity contribution in [2.24, 2.45) is 0 Å². The van der Waals surface area contributed by atoms with E-state index in [0.717, 1.165) is 35.6 Å². The quantitative estimate of drug-likeness (QED) is 0.0892. The number of hydrogen-bond donors (Lipinski definition) is 0. The van der Waals surface area contributed by atoms with Gasteiger partial charge >= 0.3 is 0 Å². The first-order valence-electron chi connectivity index (χ1n) is 33.3. The summed E-state index contributed by atoms with van der Waals surface area (Å²) in [6.45, 7) is 17.0. The lowest BCUT2D eigenvalue weighted by molar-refractivity contribution is 0.195. The molecule has 0 saturated heterocycles. The zero-order valence-corrected chi connectivity index (χ0v) is 56.0. The number of rotatable bonds is 12. The lowest BCUT2D eigenvalue weighted by Crippen LogP contribution is -2.74. The van der Waals surface area contributed by atoms with E-state index in [1.807, 2.05) is 0 Å². The van der Waals surface area contributed by atoms with Crippen molar-refractivity contribution >= 4 is 126 Å². The Morgan fingerprint density at radius 3 is 1.25 bits per heavy atom. The van der Waals surface area contributed by atoms with Gasteiger partial charge in [-0.1, -0.05) is 294 Å². The first-order chi connectivity index (χ1) is 44.8. The first-order valence-corrected chi connectivity index (χ1v) is 37.3. The smallest absolute Gasteiger partial charge is 0.252 e. The summed E-state index contributed by atoms with van der Waals surface area (Å²) in [5.74, 6) is 0. The van der Waals surface area contributed by atoms with E-state index in [1.54, 1.807) is 0 Å². The maximum Gasteiger partial charge on any atom is 0.252 e. The van der Waals surface area contributed by atoms with Crippen LogP contribution in [0.4, 0.5) is 45.5 Å². The fourth-order valence-electron chi connectivity index (χ4n) is 17.3. The van der Waals surface area contributed by atoms with E-state index in [-0.39, 0.29) is 23.1 Å². The number of anilines is 8. The molecule has 1 fully saturated rings. The van der Waals surface area contributed by atoms with E-state index in [1.165, 1.54) is 116 Å². The monoisotopic (exact) mass is 1220 g/mol. The van der Waals surface area contributed by atoms with E-state index < -0.39 is 16.1 Å². The molecule has 2 unspecified atom stereocenters. The molecular formula is C86H78BN3Si2. The third kappa shape index (κ3) is 8.73. The van der Waals surface area contributed by atoms with Crippen LogP contribution in [0.3, 0.4) is 0 Å². The van der Waals surface area contributed by atoms with Crippen LogP contribution in [-0.2, 0) is 10.8 Å². The molecule has 12 aromatic carbocycles. The lowest BCUT2D eigenvalue weighted by Gasteiger charge is -2.53. The van der Waals surface area contributed by atoms with E-state index in [9.17, 15) is 0 Å². The fourth-order valence-corrected chi connectivity index (χ4v) is 26.8. The van der Waals surface area contributed by atoms with Crippen LogP contribution in [0.1, 0.15) is 82.6 Å². The van der Waals surface area contributed by atoms with Crippen molar-refractivity contribution in [3.63, 3.8) is 0 Å². The van der Waals surface area contributed by atoms with Gasteiger partial charge in [0.25, 0.3) is 6.71 Å². The van der Waals surface area contributed by atoms with Gasteiger partial charge in [-0.2, -0.15) is 0 Å². The van der Waals surface area contributed by atoms with Crippen molar-refractivity contribution in [3.8, 4) is 0 Å². The van der Waals surface area contributed by atoms with Crippen LogP contribution in [0.5, 0.6) is 0 Å². The van der Waals surface area contributed by atoms with Gasteiger partial charge in [0, 0.05) is 45.2 Å². The largest absolute Gasteiger partial charge is 0.335 e. The molecule has 16 rings (SSSR count). The molecule has 0 spiro atoms. The first kappa shape index (κ1) is 57.7. The molecular weight excluding hydrogens is 1140 g/mol. The fraction of sp³-hybridized carbons (Fsp3) is 0.163. The molecule has 92 heavy (non-hydrogen) atoms. The highest BCUT2D eigenvalue weighted by Crippen LogP contribution is 2.63. The van der Waals surface area contributed by atoms with Crippen molar-refractivity contribution in [3.05, 3.63) is 320 Å². The standard InChI is InChI=1S/C86H78BN3Si2/c1-61-40-43-66(44-41-61)89-79-53-42-62(2)56-77(79)87-78-58-63(84(3,4)5)57-76-83(78)90(86(7)55-27-26-54-85(76,86)6)81-60-67(59-80(89)82(81)87)88(64-45-49-74(50-46-64)91(68-28-14-8-15-29-68,69-30-16-9-17-31-69)70-32-18-10-19-33-70)65-47-51-75(52-48-65)92(71-34-20-11-21-35-71,72-36-22-12-23-37-72)73-38-24-13-25-39-73/h8-25,28-53,56-60H,26-27,54-55H2,1-7H3. The molecule has 0 radical (unpaired) electrons. The number of hydrogen-bond acceptors (Lipinski definition) is 3. The van der Waals surface area contributed by atoms with Crippen LogP contribution in [0, 0.1) is 13.8 Å². The molecule has 0 N–H and O–H groups in total. The summed E-state index contributed by atoms with van der Waals surface area (Å²) in [6, 6.07) is 115. The molecule has 1 saturated carbocycles. The normalized spacial score (nSPS) is 17.1. The van der Waals surface area contributed by atoms with Crippen molar-refractivity contribution in [1.82, 2.24) is 0 Å². The zero-order chi connectivity index (χ0) is 62.6. The van der Waals surface area contributed by atoms with Gasteiger partial charge in [-0.15, -0.1) is 0 Å². The van der Waals surface area contributed by atoms with Crippen molar-refractivity contribution in [2.45, 2.75) is 90.5 Å². The Hall–Kier alpha value is -9.46. The van der Waals surface area contributed by atoms with Gasteiger partial charge < -0.3 is 14.7 Å². The highest BCUT2D eigenvalue weighted by Gasteiger charge is 2.62. The summed E-state index contributed by atoms with van der Waals surface area (Å²) in [4.78, 5) is 8.14. The molecule has 448 valence electrons. The zero-order valence-electron chi connectivity index (χ0n) is 54.0. The van der Waals surface area contributed by atoms with Crippen LogP contribution >= 0.6 is 0 Å². The van der Waals surface area contributed by atoms with Crippen LogP contribution in [0.25, 0.3) is 0 Å². The maximum absolute atomic E-state index is 2.92. The molecule has 1 aliphatic carbocycles. The van der Waals surface area contributed by atoms with Crippen LogP contribution in [-0.4, -0.2) is 28.4 Å². The predicted octanol–water partition coefficient (Wildman–Crippen LogP) is 14.2. The predicted molar refractivity (Wildman–Crippen MR) is 399 cm³/mol. The van der Waals surface area contributed by atoms with Gasteiger partial charge in [0.05, 0.1) is 11.2 Å². The van der Waals surface area contributed by atoms with Crippen LogP contribution < -0.4 is 72.6 Å². The van der Waals surface area contributed by atoms with Crippen LogP contribution in [0.15, 0.2) is 297 Å². The van der Waals surface area contributed by atoms with Gasteiger partial charge in [-0.05, 0) is 163 Å². The SMILES string of the molecule is Cc1ccc(N2c3ccc(C)cc3B3c4cc(C(C)(C)C)cc5c4N(c4cc(N(c6ccc([Si](c7ccccc7)(c7ccccc7)c7ccccc7)cc6)c6ccc([Si](c7ccccc7)(c7ccccc7)c7ccccc7)cc6)cc2c43)C2(C)CCCCC52C)cc1. The summed E-state index contributed by atoms with van der Waals surface area (Å²) in [7, 11) is -5.76. The van der Waals surface area contributed by atoms with Crippen LogP contribution in [0.2, 0.25) is 0 Å². The van der Waals surface area contributed by atoms with Crippen molar-refractivity contribution in [2.75, 3.05) is 14.7 Å². The minimum atomic E-state index is -2.88. The second kappa shape index (κ2) is 22.1. The molecule has 3 nitrogen and oxygen atoms in total. The number of aryl methyl sites for hydroxylation is 2. The molecule has 2 atom stereocenters. The van der Waals surface area contributed by atoms with E-state index >= 15 is 0 Å². The van der Waals surface area contributed by atoms with Gasteiger partial charge in [-0.25, -0.2) is 0 Å². The van der Waals surface area contributed by atoms with Gasteiger partial charge in [0.2, 0.25) is 0 Å². The molecule has 0 aromatic heterocycles. The summed E-state index contributed by atoms with van der Waals surface area (Å²) >= 11 is 0. The molecule has 12 aromatic rings. The second-order valence-electron chi connectivity index (χ2n) is 28.0. The third-order valence-corrected chi connectivity index (χ3v) is 31.5. The Morgan fingerprint density at radius 2 is 0.804 bits per heavy atom. The Kier molecular flexibility index (Phi) is 13.9. The minimum Gasteiger partial charge on any atom is -0.335 e. The molecule has 4 aliphatic rings. The van der Waals surface area contributed by atoms with Crippen molar-refractivity contribution in [1.29, 1.82) is 0 Å². The topological polar surface area (TPSA) is 9.72 Å². The van der Waals surface area contributed by atoms with Crippen molar-refractivity contribution < 1.29 is 0 Å². The van der Waals surface area contributed by atoms with Gasteiger partial charge in [0.15, 0.2) is 16.1 Å². The molecule has 3 aliphatic heterocycles. The average Bonchev–Trinajstić information content (AvgIpc) is 1.46. The summed E-state index contributed by atoms with van der Waals surface area (Å²) < 4.78 is 0. The Bertz CT molecular complexity index is 4350. The molecule has 3 heterocycles. The van der Waals surface area contributed by atoms with Gasteiger partial charge in [-0.3, -0.25) is 0 Å². The summed E-state index contributed by atoms with van der Waals surface area (Å²) in [5, 5.41) is 10.8. The van der Waals surface area contributed by atoms with E-state index in [4.69, 9.17) is 0 Å². The molecule has 0 bridgehead atoms. The molecule has 6 heteroatoms. The highest BCUT2D eigenvalue weighted by atomic mass is 28.3. The summed E-state index contributed by atoms with van der Waals surface area (Å²) in [6.07, 6.45) is 4.69.